The zero-order valence-electron chi connectivity index (χ0n) is 22.6. The van der Waals surface area contributed by atoms with E-state index in [-0.39, 0.29) is 17.6 Å². The quantitative estimate of drug-likeness (QED) is 0.643. The molecule has 2 aromatic heterocycles. The van der Waals surface area contributed by atoms with Gasteiger partial charge in [-0.1, -0.05) is 0 Å². The molecule has 5 heterocycles. The third-order valence-corrected chi connectivity index (χ3v) is 9.12. The van der Waals surface area contributed by atoms with Crippen LogP contribution in [0.1, 0.15) is 70.0 Å². The van der Waals surface area contributed by atoms with Crippen LogP contribution in [-0.2, 0) is 17.7 Å². The molecule has 3 atom stereocenters. The molecule has 1 spiro atoms. The molecule has 1 N–H and O–H groups in total. The number of fused-ring (bicyclic) bond motifs is 3. The van der Waals surface area contributed by atoms with Gasteiger partial charge in [-0.25, -0.2) is 14.8 Å². The minimum Gasteiger partial charge on any atom is -0.444 e. The smallest absolute Gasteiger partial charge is 0.407 e. The van der Waals surface area contributed by atoms with Crippen molar-refractivity contribution in [2.45, 2.75) is 77.5 Å². The van der Waals surface area contributed by atoms with Crippen molar-refractivity contribution < 1.29 is 9.53 Å². The monoisotopic (exact) mass is 515 g/mol. The van der Waals surface area contributed by atoms with Crippen LogP contribution in [0.5, 0.6) is 0 Å². The molecule has 1 saturated heterocycles. The Morgan fingerprint density at radius 3 is 2.82 bits per heavy atom. The molecule has 0 aromatic carbocycles. The maximum Gasteiger partial charge on any atom is 0.407 e. The Balaban J connectivity index is 1.04. The number of aromatic nitrogens is 3. The van der Waals surface area contributed by atoms with Crippen molar-refractivity contribution >= 4 is 23.4 Å². The SMILES string of the molecule is CC(C)(C)OC(=O)N[C@H]1[C@H]2C[C@H]2CC12CCN(c1cnc3c(n1)CN=C3N1CCCc3ncccc31)CC2. The molecule has 9 nitrogen and oxygen atoms in total. The molecule has 0 unspecified atom stereocenters. The van der Waals surface area contributed by atoms with Gasteiger partial charge in [0, 0.05) is 31.9 Å². The summed E-state index contributed by atoms with van der Waals surface area (Å²) in [7, 11) is 0. The van der Waals surface area contributed by atoms with Gasteiger partial charge < -0.3 is 19.9 Å². The number of alkyl carbamates (subject to hydrolysis) is 1. The van der Waals surface area contributed by atoms with E-state index >= 15 is 0 Å². The zero-order valence-corrected chi connectivity index (χ0v) is 22.6. The predicted octanol–water partition coefficient (Wildman–Crippen LogP) is 4.10. The minimum absolute atomic E-state index is 0.164. The van der Waals surface area contributed by atoms with Crippen LogP contribution >= 0.6 is 0 Å². The number of hydrogen-bond donors (Lipinski definition) is 1. The van der Waals surface area contributed by atoms with Gasteiger partial charge in [-0.15, -0.1) is 0 Å². The van der Waals surface area contributed by atoms with E-state index in [9.17, 15) is 4.79 Å². The minimum atomic E-state index is -0.480. The van der Waals surface area contributed by atoms with Crippen molar-refractivity contribution in [2.24, 2.45) is 22.2 Å². The first-order valence-corrected chi connectivity index (χ1v) is 14.2. The largest absolute Gasteiger partial charge is 0.444 e. The lowest BCUT2D eigenvalue weighted by Crippen LogP contribution is -2.53. The highest BCUT2D eigenvalue weighted by Gasteiger charge is 2.62. The third kappa shape index (κ3) is 4.10. The normalized spacial score (nSPS) is 26.9. The highest BCUT2D eigenvalue weighted by Crippen LogP contribution is 2.63. The lowest BCUT2D eigenvalue weighted by Gasteiger charge is -2.45. The molecule has 7 rings (SSSR count). The van der Waals surface area contributed by atoms with Crippen LogP contribution in [0.25, 0.3) is 0 Å². The van der Waals surface area contributed by atoms with Crippen molar-refractivity contribution in [3.63, 3.8) is 0 Å². The number of aliphatic imine (C=N–C) groups is 1. The first kappa shape index (κ1) is 23.9. The van der Waals surface area contributed by atoms with E-state index in [1.165, 1.54) is 12.8 Å². The van der Waals surface area contributed by atoms with Gasteiger partial charge in [0.1, 0.15) is 17.1 Å². The molecule has 0 radical (unpaired) electrons. The summed E-state index contributed by atoms with van der Waals surface area (Å²) in [4.78, 5) is 36.6. The van der Waals surface area contributed by atoms with E-state index in [4.69, 9.17) is 19.7 Å². The summed E-state index contributed by atoms with van der Waals surface area (Å²) < 4.78 is 5.61. The number of ether oxygens (including phenoxy) is 1. The van der Waals surface area contributed by atoms with E-state index in [1.54, 1.807) is 0 Å². The lowest BCUT2D eigenvalue weighted by molar-refractivity contribution is 0.0417. The molecule has 2 aromatic rings. The first-order chi connectivity index (χ1) is 18.3. The summed E-state index contributed by atoms with van der Waals surface area (Å²) in [6, 6.07) is 4.34. The lowest BCUT2D eigenvalue weighted by atomic mass is 9.71. The fourth-order valence-corrected chi connectivity index (χ4v) is 7.33. The van der Waals surface area contributed by atoms with Crippen LogP contribution in [0.15, 0.2) is 29.5 Å². The maximum absolute atomic E-state index is 12.6. The Kier molecular flexibility index (Phi) is 5.43. The molecule has 3 fully saturated rings. The zero-order chi connectivity index (χ0) is 26.1. The van der Waals surface area contributed by atoms with Gasteiger partial charge in [0.2, 0.25) is 0 Å². The Morgan fingerprint density at radius 2 is 2.00 bits per heavy atom. The Bertz CT molecular complexity index is 1290. The molecule has 5 aliphatic rings. The number of aryl methyl sites for hydroxylation is 1. The van der Waals surface area contributed by atoms with E-state index < -0.39 is 5.60 Å². The molecule has 1 amide bonds. The van der Waals surface area contributed by atoms with Crippen LogP contribution in [0.3, 0.4) is 0 Å². The average molecular weight is 516 g/mol. The van der Waals surface area contributed by atoms with Crippen LogP contribution in [0, 0.1) is 17.3 Å². The Labute approximate surface area is 224 Å². The molecular weight excluding hydrogens is 478 g/mol. The van der Waals surface area contributed by atoms with Gasteiger partial charge >= 0.3 is 6.09 Å². The molecule has 200 valence electrons. The average Bonchev–Trinajstić information content (AvgIpc) is 3.41. The molecule has 2 saturated carbocycles. The fourth-order valence-electron chi connectivity index (χ4n) is 7.33. The Hall–Kier alpha value is -3.23. The number of hydrogen-bond acceptors (Lipinski definition) is 8. The van der Waals surface area contributed by atoms with Crippen molar-refractivity contribution in [2.75, 3.05) is 29.4 Å². The number of nitrogens with zero attached hydrogens (tertiary/aromatic N) is 6. The molecule has 9 heteroatoms. The van der Waals surface area contributed by atoms with E-state index in [2.05, 4.69) is 26.2 Å². The second-order valence-corrected chi connectivity index (χ2v) is 12.7. The summed E-state index contributed by atoms with van der Waals surface area (Å²) in [5.74, 6) is 3.23. The summed E-state index contributed by atoms with van der Waals surface area (Å²) in [6.45, 7) is 9.11. The predicted molar refractivity (Wildman–Crippen MR) is 145 cm³/mol. The Morgan fingerprint density at radius 1 is 1.16 bits per heavy atom. The van der Waals surface area contributed by atoms with Crippen molar-refractivity contribution in [1.82, 2.24) is 20.3 Å². The number of carbonyl (C=O) groups excluding carboxylic acids is 1. The number of nitrogens with one attached hydrogen (secondary N) is 1. The third-order valence-electron chi connectivity index (χ3n) is 9.12. The van der Waals surface area contributed by atoms with Crippen LogP contribution in [0.4, 0.5) is 16.3 Å². The van der Waals surface area contributed by atoms with Gasteiger partial charge in [-0.3, -0.25) is 9.98 Å². The summed E-state index contributed by atoms with van der Waals surface area (Å²) in [5, 5.41) is 3.29. The van der Waals surface area contributed by atoms with Crippen molar-refractivity contribution in [3.8, 4) is 0 Å². The van der Waals surface area contributed by atoms with Crippen molar-refractivity contribution in [1.29, 1.82) is 0 Å². The highest BCUT2D eigenvalue weighted by atomic mass is 16.6. The standard InChI is InChI=1S/C29H37N7O2/c1-28(2,3)38-27(37)34-25-19-14-18(19)15-29(25)8-12-35(13-9-29)23-17-31-24-21(33-23)16-32-26(24)36-11-5-6-20-22(36)7-4-10-30-20/h4,7,10,17-19,25H,5-6,8-9,11-16H2,1-3H3,(H,34,37)/t18-,19-,25-/m0/s1. The number of amidine groups is 1. The van der Waals surface area contributed by atoms with Crippen LogP contribution in [-0.4, -0.2) is 58.2 Å². The number of rotatable bonds is 2. The molecule has 2 aliphatic carbocycles. The van der Waals surface area contributed by atoms with E-state index in [1.807, 2.05) is 39.2 Å². The van der Waals surface area contributed by atoms with Crippen LogP contribution in [0.2, 0.25) is 0 Å². The summed E-state index contributed by atoms with van der Waals surface area (Å²) in [5.41, 5.74) is 3.81. The molecule has 0 bridgehead atoms. The van der Waals surface area contributed by atoms with E-state index in [0.29, 0.717) is 12.5 Å². The number of anilines is 2. The molecule has 38 heavy (non-hydrogen) atoms. The number of carbonyl (C=O) groups is 1. The van der Waals surface area contributed by atoms with Crippen molar-refractivity contribution in [3.05, 3.63) is 41.6 Å². The van der Waals surface area contributed by atoms with Crippen LogP contribution < -0.4 is 15.1 Å². The van der Waals surface area contributed by atoms with E-state index in [0.717, 1.165) is 85.7 Å². The first-order valence-electron chi connectivity index (χ1n) is 14.2. The topological polar surface area (TPSA) is 95.8 Å². The summed E-state index contributed by atoms with van der Waals surface area (Å²) >= 11 is 0. The molecular formula is C29H37N7O2. The van der Waals surface area contributed by atoms with Gasteiger partial charge in [0.25, 0.3) is 0 Å². The number of piperidine rings is 1. The number of amides is 1. The van der Waals surface area contributed by atoms with Gasteiger partial charge in [0.15, 0.2) is 5.84 Å². The second kappa shape index (κ2) is 8.64. The number of pyridine rings is 1. The summed E-state index contributed by atoms with van der Waals surface area (Å²) in [6.07, 6.45) is 10.1. The van der Waals surface area contributed by atoms with Gasteiger partial charge in [-0.05, 0) is 88.7 Å². The fraction of sp³-hybridized carbons (Fsp3) is 0.621. The van der Waals surface area contributed by atoms with Gasteiger partial charge in [0.05, 0.1) is 29.8 Å². The second-order valence-electron chi connectivity index (χ2n) is 12.7. The van der Waals surface area contributed by atoms with Gasteiger partial charge in [-0.2, -0.15) is 0 Å². The molecule has 3 aliphatic heterocycles. The highest BCUT2D eigenvalue weighted by molar-refractivity contribution is 6.11. The maximum atomic E-state index is 12.6.